The van der Waals surface area contributed by atoms with Crippen molar-refractivity contribution < 1.29 is 42.2 Å². The molecule has 15 heteroatoms. The van der Waals surface area contributed by atoms with Gasteiger partial charge in [-0.05, 0) is 54.1 Å². The zero-order chi connectivity index (χ0) is 35.5. The van der Waals surface area contributed by atoms with Crippen LogP contribution in [-0.2, 0) is 22.6 Å². The molecule has 2 aromatic heterocycles. The molecular formula is C35H29F3N6O6. The third-order valence-corrected chi connectivity index (χ3v) is 8.40. The molecule has 0 unspecified atom stereocenters. The number of carboxylic acids is 1. The van der Waals surface area contributed by atoms with E-state index >= 15 is 8.78 Å². The Morgan fingerprint density at radius 2 is 1.78 bits per heavy atom. The summed E-state index contributed by atoms with van der Waals surface area (Å²) >= 11 is 0. The molecule has 12 nitrogen and oxygen atoms in total. The number of aromatic nitrogens is 3. The molecule has 2 N–H and O–H groups in total. The van der Waals surface area contributed by atoms with E-state index in [1.54, 1.807) is 4.57 Å². The van der Waals surface area contributed by atoms with E-state index in [2.05, 4.69) is 15.4 Å². The number of likely N-dealkylation sites (tertiary alicyclic amines) is 1. The fourth-order valence-electron chi connectivity index (χ4n) is 5.95. The number of carboxylic acid groups (broad SMARTS) is 1. The predicted molar refractivity (Wildman–Crippen MR) is 171 cm³/mol. The highest BCUT2D eigenvalue weighted by molar-refractivity contribution is 5.92. The summed E-state index contributed by atoms with van der Waals surface area (Å²) in [7, 11) is 2.78. The van der Waals surface area contributed by atoms with Crippen LogP contribution in [0.4, 0.5) is 18.0 Å². The Hall–Kier alpha value is -5.98. The number of fused-ring (bicyclic) bond motifs is 1. The number of methoxy groups -OCH3 is 1. The van der Waals surface area contributed by atoms with E-state index in [1.165, 1.54) is 67.7 Å². The second kappa shape index (κ2) is 14.2. The number of aromatic carboxylic acids is 1. The standard InChI is InChI=1S/C35H29F3N6O6/c1-48-31-17-43(35(47)42-49-2)16-30(31)44-29-12-20(34(45)46)8-9-28(29)40-32(44)13-22-11-26(38)23(14-25(22)37)27-4-3-5-33(41-27)50-18-21-7-6-19(15-39)10-24(21)36/h3-12,14,30-31H,13,16-18H2,1-2H3,(H,42,47)(H,45,46)/t30-,31-/m1/s1. The molecule has 0 bridgehead atoms. The number of nitrogens with zero attached hydrogens (tertiary/aromatic N) is 5. The number of ether oxygens (including phenoxy) is 2. The van der Waals surface area contributed by atoms with Gasteiger partial charge in [-0.1, -0.05) is 12.1 Å². The molecule has 0 spiro atoms. The maximum Gasteiger partial charge on any atom is 0.341 e. The van der Waals surface area contributed by atoms with Gasteiger partial charge in [-0.2, -0.15) is 5.26 Å². The highest BCUT2D eigenvalue weighted by Gasteiger charge is 2.39. The number of imidazole rings is 1. The number of halogens is 3. The summed E-state index contributed by atoms with van der Waals surface area (Å²) in [6.45, 7) is 0.0869. The highest BCUT2D eigenvalue weighted by Crippen LogP contribution is 2.33. The molecule has 3 heterocycles. The predicted octanol–water partition coefficient (Wildman–Crippen LogP) is 5.40. The van der Waals surface area contributed by atoms with Crippen LogP contribution in [0.2, 0.25) is 0 Å². The van der Waals surface area contributed by atoms with Crippen molar-refractivity contribution >= 4 is 23.0 Å². The van der Waals surface area contributed by atoms with E-state index in [0.717, 1.165) is 18.2 Å². The van der Waals surface area contributed by atoms with Gasteiger partial charge in [0.05, 0.1) is 59.7 Å². The van der Waals surface area contributed by atoms with E-state index < -0.39 is 41.6 Å². The first-order valence-corrected chi connectivity index (χ1v) is 15.2. The van der Waals surface area contributed by atoms with E-state index in [4.69, 9.17) is 19.6 Å². The number of urea groups is 1. The van der Waals surface area contributed by atoms with Crippen molar-refractivity contribution in [3.05, 3.63) is 112 Å². The van der Waals surface area contributed by atoms with E-state index in [-0.39, 0.29) is 71.3 Å². The lowest BCUT2D eigenvalue weighted by Gasteiger charge is -2.22. The number of pyridine rings is 1. The Morgan fingerprint density at radius 1 is 0.980 bits per heavy atom. The molecule has 256 valence electrons. The topological polar surface area (TPSA) is 152 Å². The van der Waals surface area contributed by atoms with Crippen LogP contribution in [0.5, 0.6) is 5.88 Å². The summed E-state index contributed by atoms with van der Waals surface area (Å²) in [6.07, 6.45) is -0.746. The molecule has 1 aliphatic rings. The van der Waals surface area contributed by atoms with Gasteiger partial charge < -0.3 is 24.0 Å². The maximum atomic E-state index is 15.8. The van der Waals surface area contributed by atoms with Gasteiger partial charge in [-0.15, -0.1) is 0 Å². The molecule has 5 aromatic rings. The van der Waals surface area contributed by atoms with Crippen LogP contribution in [0.15, 0.2) is 66.7 Å². The molecule has 0 radical (unpaired) electrons. The largest absolute Gasteiger partial charge is 0.478 e. The van der Waals surface area contributed by atoms with Gasteiger partial charge in [0, 0.05) is 37.3 Å². The maximum absolute atomic E-state index is 15.8. The monoisotopic (exact) mass is 686 g/mol. The SMILES string of the molecule is CONC(=O)N1C[C@@H](n2c(Cc3cc(F)c(-c4cccc(OCc5ccc(C#N)cc5F)n4)cc3F)nc3ccc(C(=O)O)cc32)[C@H](OC)C1. The summed E-state index contributed by atoms with van der Waals surface area (Å²) in [5, 5.41) is 18.6. The van der Waals surface area contributed by atoms with Crippen molar-refractivity contribution in [1.29, 1.82) is 5.26 Å². The zero-order valence-electron chi connectivity index (χ0n) is 26.7. The number of rotatable bonds is 10. The number of benzene rings is 3. The number of hydrogen-bond acceptors (Lipinski definition) is 8. The van der Waals surface area contributed by atoms with Crippen molar-refractivity contribution in [2.24, 2.45) is 0 Å². The van der Waals surface area contributed by atoms with Gasteiger partial charge in [0.25, 0.3) is 0 Å². The second-order valence-electron chi connectivity index (χ2n) is 11.4. The number of amides is 2. The van der Waals surface area contributed by atoms with Crippen LogP contribution in [0.3, 0.4) is 0 Å². The Bertz CT molecular complexity index is 2150. The number of hydrogen-bond donors (Lipinski definition) is 2. The molecule has 2 amide bonds. The summed E-state index contributed by atoms with van der Waals surface area (Å²) in [6, 6.07) is 15.7. The van der Waals surface area contributed by atoms with Gasteiger partial charge in [0.15, 0.2) is 0 Å². The Kier molecular flexibility index (Phi) is 9.66. The van der Waals surface area contributed by atoms with Gasteiger partial charge in [0.1, 0.15) is 29.9 Å². The average molecular weight is 687 g/mol. The van der Waals surface area contributed by atoms with Crippen LogP contribution in [0.1, 0.15) is 38.9 Å². The van der Waals surface area contributed by atoms with Crippen molar-refractivity contribution in [2.75, 3.05) is 27.3 Å². The second-order valence-corrected chi connectivity index (χ2v) is 11.4. The Labute approximate surface area is 283 Å². The van der Waals surface area contributed by atoms with Crippen LogP contribution in [0, 0.1) is 28.8 Å². The van der Waals surface area contributed by atoms with E-state index in [1.807, 2.05) is 6.07 Å². The highest BCUT2D eigenvalue weighted by atomic mass is 19.1. The number of carbonyl (C=O) groups is 2. The molecule has 3 aromatic carbocycles. The third kappa shape index (κ3) is 6.79. The third-order valence-electron chi connectivity index (χ3n) is 8.40. The number of carbonyl (C=O) groups excluding carboxylic acids is 1. The summed E-state index contributed by atoms with van der Waals surface area (Å²) in [4.78, 5) is 39.6. The smallest absolute Gasteiger partial charge is 0.341 e. The van der Waals surface area contributed by atoms with Crippen molar-refractivity contribution in [2.45, 2.75) is 25.2 Å². The van der Waals surface area contributed by atoms with Gasteiger partial charge in [-0.3, -0.25) is 4.84 Å². The van der Waals surface area contributed by atoms with Crippen LogP contribution < -0.4 is 10.2 Å². The minimum atomic E-state index is -1.16. The van der Waals surface area contributed by atoms with Crippen LogP contribution in [0.25, 0.3) is 22.3 Å². The molecule has 1 saturated heterocycles. The first-order chi connectivity index (χ1) is 24.1. The molecule has 50 heavy (non-hydrogen) atoms. The van der Waals surface area contributed by atoms with Gasteiger partial charge >= 0.3 is 12.0 Å². The van der Waals surface area contributed by atoms with E-state index in [9.17, 15) is 19.1 Å². The minimum Gasteiger partial charge on any atom is -0.478 e. The van der Waals surface area contributed by atoms with Crippen LogP contribution >= 0.6 is 0 Å². The quantitative estimate of drug-likeness (QED) is 0.184. The fourth-order valence-corrected chi connectivity index (χ4v) is 5.95. The van der Waals surface area contributed by atoms with Gasteiger partial charge in [0.2, 0.25) is 5.88 Å². The normalized spacial score (nSPS) is 15.6. The molecule has 0 saturated carbocycles. The summed E-state index contributed by atoms with van der Waals surface area (Å²) in [5.41, 5.74) is 3.33. The summed E-state index contributed by atoms with van der Waals surface area (Å²) < 4.78 is 58.8. The van der Waals surface area contributed by atoms with Crippen molar-refractivity contribution in [3.8, 4) is 23.2 Å². The Morgan fingerprint density at radius 3 is 2.50 bits per heavy atom. The Balaban J connectivity index is 1.31. The number of nitriles is 1. The zero-order valence-corrected chi connectivity index (χ0v) is 26.7. The lowest BCUT2D eigenvalue weighted by atomic mass is 10.0. The molecule has 1 aliphatic heterocycles. The molecular weight excluding hydrogens is 657 g/mol. The average Bonchev–Trinajstić information content (AvgIpc) is 3.69. The molecule has 6 rings (SSSR count). The van der Waals surface area contributed by atoms with Crippen molar-refractivity contribution in [3.63, 3.8) is 0 Å². The first-order valence-electron chi connectivity index (χ1n) is 15.2. The summed E-state index contributed by atoms with van der Waals surface area (Å²) in [5.74, 6) is -2.99. The van der Waals surface area contributed by atoms with Crippen molar-refractivity contribution in [1.82, 2.24) is 24.9 Å². The lowest BCUT2D eigenvalue weighted by molar-refractivity contribution is 0.0696. The first kappa shape index (κ1) is 33.9. The molecule has 2 atom stereocenters. The molecule has 1 fully saturated rings. The molecule has 0 aliphatic carbocycles. The van der Waals surface area contributed by atoms with Crippen LogP contribution in [-0.4, -0.2) is 70.0 Å². The minimum absolute atomic E-state index is 0.00604. The lowest BCUT2D eigenvalue weighted by Crippen LogP contribution is -2.38. The van der Waals surface area contributed by atoms with Gasteiger partial charge in [-0.25, -0.2) is 38.2 Å². The van der Waals surface area contributed by atoms with E-state index in [0.29, 0.717) is 11.0 Å². The number of hydroxylamine groups is 1. The fraction of sp³-hybridized carbons (Fsp3) is 0.229. The number of nitrogens with one attached hydrogen (secondary N) is 1.